The fourth-order valence-corrected chi connectivity index (χ4v) is 2.76. The molecular formula is C19H13N5O. The maximum Gasteiger partial charge on any atom is 0.230 e. The minimum absolute atomic E-state index is 0.141. The molecule has 1 amide bonds. The largest absolute Gasteiger partial charge is 0.324 e. The summed E-state index contributed by atoms with van der Waals surface area (Å²) in [5, 5.41) is 11.9. The van der Waals surface area contributed by atoms with Crippen LogP contribution in [-0.2, 0) is 4.79 Å². The number of carbonyl (C=O) groups excluding carboxylic acids is 1. The molecule has 0 unspecified atom stereocenters. The van der Waals surface area contributed by atoms with Gasteiger partial charge >= 0.3 is 0 Å². The van der Waals surface area contributed by atoms with E-state index in [9.17, 15) is 4.79 Å². The zero-order chi connectivity index (χ0) is 17.2. The van der Waals surface area contributed by atoms with Crippen molar-refractivity contribution in [2.45, 2.75) is 6.42 Å². The van der Waals surface area contributed by atoms with Gasteiger partial charge in [0.1, 0.15) is 11.8 Å². The van der Waals surface area contributed by atoms with Gasteiger partial charge in [-0.15, -0.1) is 0 Å². The van der Waals surface area contributed by atoms with Gasteiger partial charge in [-0.1, -0.05) is 0 Å². The van der Waals surface area contributed by atoms with Crippen LogP contribution in [0.5, 0.6) is 0 Å². The van der Waals surface area contributed by atoms with Crippen molar-refractivity contribution in [1.82, 2.24) is 9.55 Å². The molecule has 4 rings (SSSR count). The summed E-state index contributed by atoms with van der Waals surface area (Å²) < 4.78 is 1.96. The van der Waals surface area contributed by atoms with Gasteiger partial charge in [0.2, 0.25) is 5.91 Å². The second-order valence-corrected chi connectivity index (χ2v) is 5.62. The summed E-state index contributed by atoms with van der Waals surface area (Å²) >= 11 is 0. The lowest BCUT2D eigenvalue weighted by Gasteiger charge is -2.08. The van der Waals surface area contributed by atoms with Crippen molar-refractivity contribution in [3.05, 3.63) is 72.3 Å². The standard InChI is InChI=1S/C19H13N5O/c20-12-14-9-13(5-6-21-14)17-11-19(25)23-18-10-15(3-4-16(18)22-17)24-7-1-2-8-24/h1-10H,11H2,(H,23,25). The molecule has 3 aromatic rings. The highest BCUT2D eigenvalue weighted by molar-refractivity contribution is 6.17. The van der Waals surface area contributed by atoms with Crippen LogP contribution in [0.3, 0.4) is 0 Å². The zero-order valence-electron chi connectivity index (χ0n) is 13.2. The lowest BCUT2D eigenvalue weighted by atomic mass is 10.1. The average molecular weight is 327 g/mol. The number of aliphatic imine (C=N–C) groups is 1. The van der Waals surface area contributed by atoms with Gasteiger partial charge in [0.15, 0.2) is 0 Å². The Balaban J connectivity index is 1.79. The second kappa shape index (κ2) is 6.06. The molecule has 0 bridgehead atoms. The van der Waals surface area contributed by atoms with Crippen LogP contribution in [0.4, 0.5) is 11.4 Å². The molecule has 6 heteroatoms. The predicted octanol–water partition coefficient (Wildman–Crippen LogP) is 3.21. The van der Waals surface area contributed by atoms with Crippen molar-refractivity contribution in [1.29, 1.82) is 5.26 Å². The first-order valence-corrected chi connectivity index (χ1v) is 7.74. The van der Waals surface area contributed by atoms with Crippen LogP contribution >= 0.6 is 0 Å². The lowest BCUT2D eigenvalue weighted by molar-refractivity contribution is -0.115. The van der Waals surface area contributed by atoms with E-state index in [2.05, 4.69) is 15.3 Å². The van der Waals surface area contributed by atoms with Gasteiger partial charge < -0.3 is 9.88 Å². The van der Waals surface area contributed by atoms with Gasteiger partial charge in [0, 0.05) is 29.8 Å². The normalized spacial score (nSPS) is 13.2. The number of carbonyl (C=O) groups is 1. The zero-order valence-corrected chi connectivity index (χ0v) is 13.2. The van der Waals surface area contributed by atoms with E-state index in [-0.39, 0.29) is 12.3 Å². The highest BCUT2D eigenvalue weighted by Gasteiger charge is 2.18. The number of aromatic nitrogens is 2. The van der Waals surface area contributed by atoms with E-state index in [4.69, 9.17) is 5.26 Å². The van der Waals surface area contributed by atoms with E-state index in [0.717, 1.165) is 11.3 Å². The van der Waals surface area contributed by atoms with Crippen LogP contribution in [0.2, 0.25) is 0 Å². The first-order valence-electron chi connectivity index (χ1n) is 7.74. The molecule has 2 aromatic heterocycles. The maximum atomic E-state index is 12.3. The molecule has 3 heterocycles. The SMILES string of the molecule is N#Cc1cc(C2=Nc3ccc(-n4cccc4)cc3NC(=O)C2)ccn1. The monoisotopic (exact) mass is 327 g/mol. The van der Waals surface area contributed by atoms with E-state index in [1.54, 1.807) is 18.3 Å². The van der Waals surface area contributed by atoms with Crippen LogP contribution in [-0.4, -0.2) is 21.2 Å². The summed E-state index contributed by atoms with van der Waals surface area (Å²) in [5.41, 5.74) is 3.94. The number of fused-ring (bicyclic) bond motifs is 1. The van der Waals surface area contributed by atoms with Crippen LogP contribution in [0.25, 0.3) is 5.69 Å². The number of pyridine rings is 1. The number of nitriles is 1. The maximum absolute atomic E-state index is 12.3. The molecule has 0 saturated heterocycles. The molecular weight excluding hydrogens is 314 g/mol. The molecule has 120 valence electrons. The van der Waals surface area contributed by atoms with Crippen molar-refractivity contribution in [2.24, 2.45) is 4.99 Å². The molecule has 0 spiro atoms. The highest BCUT2D eigenvalue weighted by atomic mass is 16.1. The minimum Gasteiger partial charge on any atom is -0.324 e. The summed E-state index contributed by atoms with van der Waals surface area (Å²) in [4.78, 5) is 20.9. The average Bonchev–Trinajstić information content (AvgIpc) is 3.11. The molecule has 6 nitrogen and oxygen atoms in total. The predicted molar refractivity (Wildman–Crippen MR) is 94.2 cm³/mol. The van der Waals surface area contributed by atoms with Crippen molar-refractivity contribution in [3.8, 4) is 11.8 Å². The molecule has 25 heavy (non-hydrogen) atoms. The number of benzene rings is 1. The quantitative estimate of drug-likeness (QED) is 0.784. The Morgan fingerprint density at radius 2 is 2.00 bits per heavy atom. The topological polar surface area (TPSA) is 83.1 Å². The molecule has 0 aliphatic carbocycles. The van der Waals surface area contributed by atoms with Crippen molar-refractivity contribution < 1.29 is 4.79 Å². The number of nitrogens with one attached hydrogen (secondary N) is 1. The van der Waals surface area contributed by atoms with Gasteiger partial charge in [-0.25, -0.2) is 4.98 Å². The van der Waals surface area contributed by atoms with Gasteiger partial charge in [0.05, 0.1) is 23.5 Å². The van der Waals surface area contributed by atoms with Crippen molar-refractivity contribution >= 4 is 23.0 Å². The number of nitrogens with zero attached hydrogens (tertiary/aromatic N) is 4. The first-order chi connectivity index (χ1) is 12.2. The van der Waals surface area contributed by atoms with Crippen LogP contribution in [0, 0.1) is 11.3 Å². The summed E-state index contributed by atoms with van der Waals surface area (Å²) in [7, 11) is 0. The fourth-order valence-electron chi connectivity index (χ4n) is 2.76. The van der Waals surface area contributed by atoms with Crippen molar-refractivity contribution in [2.75, 3.05) is 5.32 Å². The Bertz CT molecular complexity index is 1030. The number of hydrogen-bond acceptors (Lipinski definition) is 4. The smallest absolute Gasteiger partial charge is 0.230 e. The Morgan fingerprint density at radius 3 is 2.80 bits per heavy atom. The van der Waals surface area contributed by atoms with E-state index in [1.807, 2.05) is 53.4 Å². The number of hydrogen-bond donors (Lipinski definition) is 1. The van der Waals surface area contributed by atoms with E-state index in [1.165, 1.54) is 0 Å². The van der Waals surface area contributed by atoms with Gasteiger partial charge in [-0.2, -0.15) is 5.26 Å². The summed E-state index contributed by atoms with van der Waals surface area (Å²) in [5.74, 6) is -0.141. The minimum atomic E-state index is -0.141. The molecule has 1 aromatic carbocycles. The Morgan fingerprint density at radius 1 is 1.16 bits per heavy atom. The Labute approximate surface area is 144 Å². The third kappa shape index (κ3) is 2.91. The van der Waals surface area contributed by atoms with Crippen LogP contribution in [0.15, 0.2) is 66.0 Å². The second-order valence-electron chi connectivity index (χ2n) is 5.62. The lowest BCUT2D eigenvalue weighted by Crippen LogP contribution is -2.15. The Hall–Kier alpha value is -3.72. The fraction of sp³-hybridized carbons (Fsp3) is 0.0526. The van der Waals surface area contributed by atoms with Crippen molar-refractivity contribution in [3.63, 3.8) is 0 Å². The molecule has 1 aliphatic rings. The van der Waals surface area contributed by atoms with Gasteiger partial charge in [-0.05, 0) is 42.5 Å². The van der Waals surface area contributed by atoms with E-state index >= 15 is 0 Å². The molecule has 0 saturated carbocycles. The molecule has 1 aliphatic heterocycles. The molecule has 0 radical (unpaired) electrons. The summed E-state index contributed by atoms with van der Waals surface area (Å²) in [6.07, 6.45) is 5.57. The molecule has 0 fully saturated rings. The van der Waals surface area contributed by atoms with E-state index < -0.39 is 0 Å². The Kier molecular flexibility index (Phi) is 3.60. The highest BCUT2D eigenvalue weighted by Crippen LogP contribution is 2.31. The van der Waals surface area contributed by atoms with Crippen LogP contribution in [0.1, 0.15) is 17.7 Å². The number of rotatable bonds is 2. The number of amides is 1. The summed E-state index contributed by atoms with van der Waals surface area (Å²) in [6, 6.07) is 15.0. The molecule has 0 atom stereocenters. The number of anilines is 1. The molecule has 1 N–H and O–H groups in total. The third-order valence-electron chi connectivity index (χ3n) is 3.95. The van der Waals surface area contributed by atoms with Gasteiger partial charge in [-0.3, -0.25) is 9.79 Å². The van der Waals surface area contributed by atoms with Crippen LogP contribution < -0.4 is 5.32 Å². The van der Waals surface area contributed by atoms with Gasteiger partial charge in [0.25, 0.3) is 0 Å². The first kappa shape index (κ1) is 14.8. The third-order valence-corrected chi connectivity index (χ3v) is 3.95. The summed E-state index contributed by atoms with van der Waals surface area (Å²) in [6.45, 7) is 0. The van der Waals surface area contributed by atoms with E-state index in [0.29, 0.717) is 22.8 Å².